The molecule has 0 saturated carbocycles. The van der Waals surface area contributed by atoms with Gasteiger partial charge in [-0.1, -0.05) is 246 Å². The number of rotatable bonds is 49. The van der Waals surface area contributed by atoms with Crippen molar-refractivity contribution >= 4 is 17.9 Å². The molecule has 0 aromatic rings. The van der Waals surface area contributed by atoms with E-state index < -0.39 is 6.10 Å². The van der Waals surface area contributed by atoms with Gasteiger partial charge in [-0.25, -0.2) is 0 Å². The van der Waals surface area contributed by atoms with E-state index in [2.05, 4.69) is 118 Å². The fourth-order valence-electron chi connectivity index (χ4n) is 7.50. The van der Waals surface area contributed by atoms with Crippen LogP contribution in [-0.4, -0.2) is 37.2 Å². The van der Waals surface area contributed by atoms with E-state index in [1.165, 1.54) is 89.9 Å². The number of unbranched alkanes of at least 4 members (excludes halogenated alkanes) is 25. The van der Waals surface area contributed by atoms with Crippen LogP contribution in [0.3, 0.4) is 0 Å². The van der Waals surface area contributed by atoms with E-state index in [4.69, 9.17) is 14.2 Å². The minimum Gasteiger partial charge on any atom is -0.462 e. The molecule has 0 bridgehead atoms. The van der Waals surface area contributed by atoms with Crippen molar-refractivity contribution in [1.82, 2.24) is 0 Å². The quantitative estimate of drug-likeness (QED) is 0.0199. The predicted molar refractivity (Wildman–Crippen MR) is 288 cm³/mol. The lowest BCUT2D eigenvalue weighted by atomic mass is 10.0. The number of ether oxygens (including phenoxy) is 3. The van der Waals surface area contributed by atoms with Crippen LogP contribution in [0.25, 0.3) is 0 Å². The van der Waals surface area contributed by atoms with Gasteiger partial charge in [-0.15, -0.1) is 0 Å². The van der Waals surface area contributed by atoms with E-state index >= 15 is 0 Å². The third-order valence-corrected chi connectivity index (χ3v) is 11.7. The molecule has 0 heterocycles. The molecule has 0 N–H and O–H groups in total. The highest BCUT2D eigenvalue weighted by Crippen LogP contribution is 2.15. The molecule has 1 unspecified atom stereocenters. The molecular weight excluding hydrogens is 829 g/mol. The van der Waals surface area contributed by atoms with Gasteiger partial charge in [-0.3, -0.25) is 14.4 Å². The largest absolute Gasteiger partial charge is 0.462 e. The first kappa shape index (κ1) is 63.3. The zero-order chi connectivity index (χ0) is 48.6. The number of allylic oxidation sites excluding steroid dienone is 16. The monoisotopic (exact) mass is 931 g/mol. The molecule has 0 rings (SSSR count). The number of hydrogen-bond donors (Lipinski definition) is 0. The summed E-state index contributed by atoms with van der Waals surface area (Å²) in [5, 5.41) is 0. The summed E-state index contributed by atoms with van der Waals surface area (Å²) >= 11 is 0. The Bertz CT molecular complexity index is 1350. The van der Waals surface area contributed by atoms with Crippen LogP contribution in [0.1, 0.15) is 252 Å². The number of hydrogen-bond acceptors (Lipinski definition) is 6. The summed E-state index contributed by atoms with van der Waals surface area (Å²) in [7, 11) is 0. The number of carbonyl (C=O) groups excluding carboxylic acids is 3. The molecule has 0 aliphatic carbocycles. The molecule has 67 heavy (non-hydrogen) atoms. The predicted octanol–water partition coefficient (Wildman–Crippen LogP) is 18.5. The Morgan fingerprint density at radius 3 is 1.07 bits per heavy atom. The van der Waals surface area contributed by atoms with E-state index in [0.29, 0.717) is 19.3 Å². The zero-order valence-corrected chi connectivity index (χ0v) is 43.6. The molecule has 0 aromatic heterocycles. The third-order valence-electron chi connectivity index (χ3n) is 11.7. The third kappa shape index (κ3) is 53.2. The first-order valence-electron chi connectivity index (χ1n) is 27.8. The van der Waals surface area contributed by atoms with Crippen molar-refractivity contribution in [3.05, 3.63) is 97.2 Å². The van der Waals surface area contributed by atoms with Crippen LogP contribution in [0.4, 0.5) is 0 Å². The smallest absolute Gasteiger partial charge is 0.306 e. The topological polar surface area (TPSA) is 78.9 Å². The fraction of sp³-hybridized carbons (Fsp3) is 0.689. The maximum Gasteiger partial charge on any atom is 0.306 e. The molecule has 0 saturated heterocycles. The normalized spacial score (nSPS) is 12.8. The highest BCUT2D eigenvalue weighted by Gasteiger charge is 2.19. The highest BCUT2D eigenvalue weighted by atomic mass is 16.6. The van der Waals surface area contributed by atoms with Crippen LogP contribution in [0.15, 0.2) is 97.2 Å². The Morgan fingerprint density at radius 2 is 0.642 bits per heavy atom. The van der Waals surface area contributed by atoms with Crippen molar-refractivity contribution in [2.75, 3.05) is 13.2 Å². The Morgan fingerprint density at radius 1 is 0.328 bits per heavy atom. The van der Waals surface area contributed by atoms with E-state index in [0.717, 1.165) is 122 Å². The van der Waals surface area contributed by atoms with Crippen molar-refractivity contribution in [2.45, 2.75) is 258 Å². The van der Waals surface area contributed by atoms with Gasteiger partial charge in [0.05, 0.1) is 0 Å². The fourth-order valence-corrected chi connectivity index (χ4v) is 7.50. The molecule has 6 heteroatoms. The van der Waals surface area contributed by atoms with Crippen LogP contribution in [0.2, 0.25) is 0 Å². The molecule has 0 aliphatic heterocycles. The maximum atomic E-state index is 12.8. The molecular formula is C61H102O6. The maximum absolute atomic E-state index is 12.8. The van der Waals surface area contributed by atoms with Crippen molar-refractivity contribution in [1.29, 1.82) is 0 Å². The molecule has 0 spiro atoms. The zero-order valence-electron chi connectivity index (χ0n) is 43.6. The van der Waals surface area contributed by atoms with E-state index in [1.807, 2.05) is 0 Å². The average molecular weight is 931 g/mol. The highest BCUT2D eigenvalue weighted by molar-refractivity contribution is 5.71. The molecule has 6 nitrogen and oxygen atoms in total. The Balaban J connectivity index is 4.45. The summed E-state index contributed by atoms with van der Waals surface area (Å²) in [5.41, 5.74) is 0. The lowest BCUT2D eigenvalue weighted by molar-refractivity contribution is -0.167. The first-order valence-corrected chi connectivity index (χ1v) is 27.8. The molecule has 0 aliphatic rings. The summed E-state index contributed by atoms with van der Waals surface area (Å²) in [6.45, 7) is 6.46. The standard InChI is InChI=1S/C61H102O6/c1-4-7-10-13-16-19-22-25-27-29-31-33-34-36-39-42-45-48-51-54-60(63)66-57-58(56-65-59(62)53-50-47-44-41-38-24-21-18-15-12-9-6-3)67-61(64)55-52-49-46-43-40-37-35-32-30-28-26-23-20-17-14-11-8-5-2/h7,10,16-17,19-20,23,25-28,30-33,35,58H,4-6,8-9,11-15,18,21-22,24,29,34,36-57H2,1-3H3/b10-7-,19-16-,20-17-,26-23-,27-25-,30-28-,33-31-,35-32-. The second-order valence-corrected chi connectivity index (χ2v) is 18.2. The van der Waals surface area contributed by atoms with Crippen molar-refractivity contribution < 1.29 is 28.6 Å². The number of carbonyl (C=O) groups is 3. The SMILES string of the molecule is CC/C=C\C/C=C\C/C=C\C/C=C\CCCCCCCCC(=O)OCC(COC(=O)CCCCCCCCCCCCCC)OC(=O)CCCCCCC\C=C/C=C\C=C/C=C\CCCCC. The summed E-state index contributed by atoms with van der Waals surface area (Å²) in [6, 6.07) is 0. The Kier molecular flexibility index (Phi) is 51.9. The molecule has 382 valence electrons. The van der Waals surface area contributed by atoms with Gasteiger partial charge < -0.3 is 14.2 Å². The van der Waals surface area contributed by atoms with Gasteiger partial charge in [0, 0.05) is 19.3 Å². The summed E-state index contributed by atoms with van der Waals surface area (Å²) in [4.78, 5) is 38.1. The van der Waals surface area contributed by atoms with Gasteiger partial charge in [0.2, 0.25) is 0 Å². The van der Waals surface area contributed by atoms with E-state index in [9.17, 15) is 14.4 Å². The minimum absolute atomic E-state index is 0.0911. The second-order valence-electron chi connectivity index (χ2n) is 18.2. The lowest BCUT2D eigenvalue weighted by Gasteiger charge is -2.18. The molecule has 0 aromatic carbocycles. The van der Waals surface area contributed by atoms with Gasteiger partial charge in [-0.05, 0) is 83.5 Å². The minimum atomic E-state index is -0.795. The van der Waals surface area contributed by atoms with Gasteiger partial charge in [0.15, 0.2) is 6.10 Å². The van der Waals surface area contributed by atoms with Gasteiger partial charge >= 0.3 is 17.9 Å². The Labute approximate surface area is 413 Å². The van der Waals surface area contributed by atoms with Gasteiger partial charge in [0.1, 0.15) is 13.2 Å². The first-order chi connectivity index (χ1) is 33.0. The van der Waals surface area contributed by atoms with Crippen LogP contribution < -0.4 is 0 Å². The second kappa shape index (κ2) is 54.9. The summed E-state index contributed by atoms with van der Waals surface area (Å²) < 4.78 is 16.8. The molecule has 0 fully saturated rings. The number of esters is 3. The molecule has 0 radical (unpaired) electrons. The van der Waals surface area contributed by atoms with Crippen LogP contribution in [0, 0.1) is 0 Å². The summed E-state index contributed by atoms with van der Waals surface area (Å²) in [6.07, 6.45) is 72.4. The Hall–Kier alpha value is -3.67. The van der Waals surface area contributed by atoms with Crippen LogP contribution in [-0.2, 0) is 28.6 Å². The van der Waals surface area contributed by atoms with Crippen LogP contribution >= 0.6 is 0 Å². The molecule has 1 atom stereocenters. The van der Waals surface area contributed by atoms with Crippen molar-refractivity contribution in [3.63, 3.8) is 0 Å². The van der Waals surface area contributed by atoms with Gasteiger partial charge in [-0.2, -0.15) is 0 Å². The average Bonchev–Trinajstić information content (AvgIpc) is 3.33. The van der Waals surface area contributed by atoms with Crippen molar-refractivity contribution in [3.8, 4) is 0 Å². The van der Waals surface area contributed by atoms with Crippen molar-refractivity contribution in [2.24, 2.45) is 0 Å². The van der Waals surface area contributed by atoms with E-state index in [1.54, 1.807) is 0 Å². The van der Waals surface area contributed by atoms with Crippen LogP contribution in [0.5, 0.6) is 0 Å². The molecule has 0 amide bonds. The lowest BCUT2D eigenvalue weighted by Crippen LogP contribution is -2.30. The summed E-state index contributed by atoms with van der Waals surface area (Å²) in [5.74, 6) is -0.927. The van der Waals surface area contributed by atoms with Gasteiger partial charge in [0.25, 0.3) is 0 Å². The van der Waals surface area contributed by atoms with E-state index in [-0.39, 0.29) is 31.1 Å².